The number of nitro groups is 1. The van der Waals surface area contributed by atoms with Crippen molar-refractivity contribution in [1.82, 2.24) is 4.98 Å². The number of aryl methyl sites for hydroxylation is 2. The van der Waals surface area contributed by atoms with Crippen LogP contribution in [-0.4, -0.2) is 34.5 Å². The second-order valence-electron chi connectivity index (χ2n) is 4.07. The van der Waals surface area contributed by atoms with Gasteiger partial charge in [-0.3, -0.25) is 15.1 Å². The molecule has 6 heteroatoms. The molecule has 1 aliphatic heterocycles. The zero-order valence-corrected chi connectivity index (χ0v) is 10.8. The van der Waals surface area contributed by atoms with E-state index in [2.05, 4.69) is 9.88 Å². The van der Waals surface area contributed by atoms with Gasteiger partial charge in [0.2, 0.25) is 0 Å². The molecule has 0 unspecified atom stereocenters. The SMILES string of the molecule is Cc1cc(N2CCSCC2)c([N+](=O)[O-])c(C)n1. The van der Waals surface area contributed by atoms with Crippen molar-refractivity contribution in [3.8, 4) is 0 Å². The minimum atomic E-state index is -0.321. The molecule has 2 heterocycles. The van der Waals surface area contributed by atoms with E-state index in [0.29, 0.717) is 5.69 Å². The van der Waals surface area contributed by atoms with Gasteiger partial charge in [-0.2, -0.15) is 11.8 Å². The first-order valence-electron chi connectivity index (χ1n) is 5.55. The summed E-state index contributed by atoms with van der Waals surface area (Å²) >= 11 is 1.89. The summed E-state index contributed by atoms with van der Waals surface area (Å²) in [6.07, 6.45) is 0. The van der Waals surface area contributed by atoms with Crippen molar-refractivity contribution in [2.75, 3.05) is 29.5 Å². The predicted octanol–water partition coefficient (Wildman–Crippen LogP) is 2.16. The zero-order valence-electron chi connectivity index (χ0n) is 9.97. The van der Waals surface area contributed by atoms with Crippen LogP contribution < -0.4 is 4.90 Å². The molecule has 0 amide bonds. The molecule has 0 radical (unpaired) electrons. The standard InChI is InChI=1S/C11H15N3O2S/c1-8-7-10(13-3-5-17-6-4-13)11(14(15)16)9(2)12-8/h7H,3-6H2,1-2H3. The van der Waals surface area contributed by atoms with Gasteiger partial charge in [-0.05, 0) is 19.9 Å². The van der Waals surface area contributed by atoms with Crippen LogP contribution in [0.5, 0.6) is 0 Å². The van der Waals surface area contributed by atoms with E-state index in [9.17, 15) is 10.1 Å². The number of hydrogen-bond donors (Lipinski definition) is 0. The molecule has 0 aromatic carbocycles. The van der Waals surface area contributed by atoms with Crippen LogP contribution in [0, 0.1) is 24.0 Å². The monoisotopic (exact) mass is 253 g/mol. The number of rotatable bonds is 2. The van der Waals surface area contributed by atoms with Crippen molar-refractivity contribution in [3.05, 3.63) is 27.6 Å². The van der Waals surface area contributed by atoms with E-state index in [1.165, 1.54) is 0 Å². The van der Waals surface area contributed by atoms with Crippen molar-refractivity contribution in [3.63, 3.8) is 0 Å². The largest absolute Gasteiger partial charge is 0.364 e. The summed E-state index contributed by atoms with van der Waals surface area (Å²) in [5.41, 5.74) is 2.22. The van der Waals surface area contributed by atoms with Gasteiger partial charge in [-0.25, -0.2) is 0 Å². The van der Waals surface area contributed by atoms with E-state index in [1.54, 1.807) is 6.92 Å². The van der Waals surface area contributed by atoms with E-state index < -0.39 is 0 Å². The molecular formula is C11H15N3O2S. The second kappa shape index (κ2) is 4.91. The third-order valence-electron chi connectivity index (χ3n) is 2.81. The highest BCUT2D eigenvalue weighted by molar-refractivity contribution is 7.99. The van der Waals surface area contributed by atoms with Crippen LogP contribution in [0.25, 0.3) is 0 Å². The Morgan fingerprint density at radius 1 is 1.41 bits per heavy atom. The number of aromatic nitrogens is 1. The maximum absolute atomic E-state index is 11.1. The van der Waals surface area contributed by atoms with E-state index >= 15 is 0 Å². The first-order valence-corrected chi connectivity index (χ1v) is 6.70. The van der Waals surface area contributed by atoms with Crippen molar-refractivity contribution in [1.29, 1.82) is 0 Å². The van der Waals surface area contributed by atoms with E-state index in [1.807, 2.05) is 24.8 Å². The Morgan fingerprint density at radius 2 is 2.06 bits per heavy atom. The Bertz CT molecular complexity index is 445. The maximum Gasteiger partial charge on any atom is 0.313 e. The molecular weight excluding hydrogens is 238 g/mol. The van der Waals surface area contributed by atoms with Crippen LogP contribution in [0.2, 0.25) is 0 Å². The average Bonchev–Trinajstić information content (AvgIpc) is 2.28. The first-order chi connectivity index (χ1) is 8.09. The molecule has 0 saturated carbocycles. The molecule has 0 bridgehead atoms. The van der Waals surface area contributed by atoms with Crippen LogP contribution in [0.1, 0.15) is 11.4 Å². The molecule has 0 N–H and O–H groups in total. The van der Waals surface area contributed by atoms with Gasteiger partial charge in [0.25, 0.3) is 0 Å². The lowest BCUT2D eigenvalue weighted by molar-refractivity contribution is -0.385. The van der Waals surface area contributed by atoms with Gasteiger partial charge in [0, 0.05) is 30.3 Å². The molecule has 1 fully saturated rings. The summed E-state index contributed by atoms with van der Waals surface area (Å²) < 4.78 is 0. The molecule has 1 aromatic heterocycles. The van der Waals surface area contributed by atoms with Gasteiger partial charge in [-0.15, -0.1) is 0 Å². The number of hydrogen-bond acceptors (Lipinski definition) is 5. The Labute approximate surface area is 104 Å². The van der Waals surface area contributed by atoms with Crippen molar-refractivity contribution >= 4 is 23.1 Å². The summed E-state index contributed by atoms with van der Waals surface area (Å²) in [5, 5.41) is 11.1. The van der Waals surface area contributed by atoms with Gasteiger partial charge in [-0.1, -0.05) is 0 Å². The van der Waals surface area contributed by atoms with Crippen LogP contribution in [-0.2, 0) is 0 Å². The number of thioether (sulfide) groups is 1. The van der Waals surface area contributed by atoms with E-state index in [4.69, 9.17) is 0 Å². The highest BCUT2D eigenvalue weighted by atomic mass is 32.2. The van der Waals surface area contributed by atoms with Gasteiger partial charge < -0.3 is 4.90 Å². The number of nitrogens with zero attached hydrogens (tertiary/aromatic N) is 3. The Balaban J connectivity index is 2.46. The van der Waals surface area contributed by atoms with Gasteiger partial charge in [0.15, 0.2) is 0 Å². The topological polar surface area (TPSA) is 59.3 Å². The molecule has 0 atom stereocenters. The van der Waals surface area contributed by atoms with Crippen LogP contribution in [0.4, 0.5) is 11.4 Å². The Kier molecular flexibility index (Phi) is 3.51. The molecule has 17 heavy (non-hydrogen) atoms. The fourth-order valence-electron chi connectivity index (χ4n) is 2.07. The predicted molar refractivity (Wildman–Crippen MR) is 69.9 cm³/mol. The Hall–Kier alpha value is -1.30. The quantitative estimate of drug-likeness (QED) is 0.597. The third-order valence-corrected chi connectivity index (χ3v) is 3.75. The normalized spacial score (nSPS) is 16.0. The summed E-state index contributed by atoms with van der Waals surface area (Å²) in [7, 11) is 0. The summed E-state index contributed by atoms with van der Waals surface area (Å²) in [6, 6.07) is 1.82. The Morgan fingerprint density at radius 3 is 2.65 bits per heavy atom. The molecule has 0 spiro atoms. The van der Waals surface area contributed by atoms with Crippen molar-refractivity contribution in [2.24, 2.45) is 0 Å². The molecule has 1 aromatic rings. The average molecular weight is 253 g/mol. The highest BCUT2D eigenvalue weighted by Crippen LogP contribution is 2.32. The lowest BCUT2D eigenvalue weighted by Crippen LogP contribution is -2.33. The van der Waals surface area contributed by atoms with Crippen LogP contribution in [0.3, 0.4) is 0 Å². The van der Waals surface area contributed by atoms with E-state index in [0.717, 1.165) is 36.0 Å². The smallest absolute Gasteiger partial charge is 0.313 e. The number of anilines is 1. The third kappa shape index (κ3) is 2.52. The highest BCUT2D eigenvalue weighted by Gasteiger charge is 2.24. The molecule has 5 nitrogen and oxygen atoms in total. The lowest BCUT2D eigenvalue weighted by Gasteiger charge is -2.28. The van der Waals surface area contributed by atoms with E-state index in [-0.39, 0.29) is 10.6 Å². The maximum atomic E-state index is 11.1. The van der Waals surface area contributed by atoms with Crippen molar-refractivity contribution in [2.45, 2.75) is 13.8 Å². The molecule has 2 rings (SSSR count). The fourth-order valence-corrected chi connectivity index (χ4v) is 2.98. The summed E-state index contributed by atoms with van der Waals surface area (Å²) in [5.74, 6) is 2.05. The summed E-state index contributed by atoms with van der Waals surface area (Å²) in [6.45, 7) is 5.31. The van der Waals surface area contributed by atoms with Gasteiger partial charge >= 0.3 is 5.69 Å². The van der Waals surface area contributed by atoms with Crippen LogP contribution in [0.15, 0.2) is 6.07 Å². The summed E-state index contributed by atoms with van der Waals surface area (Å²) in [4.78, 5) is 17.1. The zero-order chi connectivity index (χ0) is 12.4. The minimum absolute atomic E-state index is 0.155. The molecule has 1 saturated heterocycles. The lowest BCUT2D eigenvalue weighted by atomic mass is 10.2. The second-order valence-corrected chi connectivity index (χ2v) is 5.30. The minimum Gasteiger partial charge on any atom is -0.364 e. The van der Waals surface area contributed by atoms with Crippen molar-refractivity contribution < 1.29 is 4.92 Å². The van der Waals surface area contributed by atoms with Gasteiger partial charge in [0.1, 0.15) is 11.4 Å². The fraction of sp³-hybridized carbons (Fsp3) is 0.545. The van der Waals surface area contributed by atoms with Crippen LogP contribution >= 0.6 is 11.8 Å². The number of pyridine rings is 1. The first kappa shape index (κ1) is 12.2. The van der Waals surface area contributed by atoms with Gasteiger partial charge in [0.05, 0.1) is 4.92 Å². The molecule has 0 aliphatic carbocycles. The molecule has 92 valence electrons. The molecule has 1 aliphatic rings.